The van der Waals surface area contributed by atoms with Gasteiger partial charge in [0.1, 0.15) is 5.82 Å². The van der Waals surface area contributed by atoms with Gasteiger partial charge in [-0.25, -0.2) is 15.0 Å². The molecular formula is C19H20ClN7O2. The van der Waals surface area contributed by atoms with Gasteiger partial charge in [-0.15, -0.1) is 0 Å². The standard InChI is InChI=1S/C19H20ClN7O2/c1-13-11-18(24-14(2)23-13)26-8-7-25(9-10-29-26)19(28)16-4-3-15(20)12-17(16)27-21-5-6-22-27/h3-6,11-12H,7-10H2,1-2H3. The Labute approximate surface area is 172 Å². The molecule has 1 fully saturated rings. The number of benzene rings is 1. The average molecular weight is 414 g/mol. The quantitative estimate of drug-likeness (QED) is 0.650. The van der Waals surface area contributed by atoms with Gasteiger partial charge in [0.25, 0.3) is 5.91 Å². The Balaban J connectivity index is 1.55. The van der Waals surface area contributed by atoms with Crippen LogP contribution in [0.1, 0.15) is 21.9 Å². The summed E-state index contributed by atoms with van der Waals surface area (Å²) in [5.74, 6) is 1.24. The van der Waals surface area contributed by atoms with E-state index in [4.69, 9.17) is 16.4 Å². The first-order valence-electron chi connectivity index (χ1n) is 9.19. The molecule has 0 atom stereocenters. The number of halogens is 1. The van der Waals surface area contributed by atoms with Crippen molar-refractivity contribution >= 4 is 23.3 Å². The molecule has 1 amide bonds. The monoisotopic (exact) mass is 413 g/mol. The first-order chi connectivity index (χ1) is 14.0. The molecule has 4 rings (SSSR count). The summed E-state index contributed by atoms with van der Waals surface area (Å²) in [6, 6.07) is 6.94. The highest BCUT2D eigenvalue weighted by molar-refractivity contribution is 6.31. The van der Waals surface area contributed by atoms with Crippen LogP contribution in [0, 0.1) is 13.8 Å². The fourth-order valence-corrected chi connectivity index (χ4v) is 3.39. The summed E-state index contributed by atoms with van der Waals surface area (Å²) >= 11 is 6.13. The summed E-state index contributed by atoms with van der Waals surface area (Å²) in [6.45, 7) is 5.54. The number of anilines is 1. The van der Waals surface area contributed by atoms with Crippen LogP contribution in [0.5, 0.6) is 0 Å². The normalized spacial score (nSPS) is 14.7. The molecule has 0 N–H and O–H groups in total. The number of nitrogens with zero attached hydrogens (tertiary/aromatic N) is 7. The first-order valence-corrected chi connectivity index (χ1v) is 9.57. The van der Waals surface area contributed by atoms with E-state index in [-0.39, 0.29) is 5.91 Å². The SMILES string of the molecule is Cc1cc(N2CCN(C(=O)c3ccc(Cl)cc3-n3nccn3)CCO2)nc(C)n1. The predicted molar refractivity (Wildman–Crippen MR) is 107 cm³/mol. The molecule has 2 aromatic heterocycles. The zero-order chi connectivity index (χ0) is 20.4. The molecule has 3 heterocycles. The van der Waals surface area contributed by atoms with Gasteiger partial charge >= 0.3 is 0 Å². The minimum atomic E-state index is -0.130. The maximum atomic E-state index is 13.2. The van der Waals surface area contributed by atoms with Gasteiger partial charge in [-0.2, -0.15) is 15.0 Å². The van der Waals surface area contributed by atoms with Crippen molar-refractivity contribution in [3.05, 3.63) is 58.8 Å². The fourth-order valence-electron chi connectivity index (χ4n) is 3.22. The smallest absolute Gasteiger partial charge is 0.256 e. The number of rotatable bonds is 3. The van der Waals surface area contributed by atoms with E-state index in [0.29, 0.717) is 54.2 Å². The second-order valence-electron chi connectivity index (χ2n) is 6.62. The van der Waals surface area contributed by atoms with Crippen LogP contribution in [0.25, 0.3) is 5.69 Å². The summed E-state index contributed by atoms with van der Waals surface area (Å²) in [5.41, 5.74) is 1.88. The highest BCUT2D eigenvalue weighted by Crippen LogP contribution is 2.22. The van der Waals surface area contributed by atoms with Gasteiger partial charge in [0.2, 0.25) is 0 Å². The van der Waals surface area contributed by atoms with Gasteiger partial charge in [0.05, 0.1) is 36.8 Å². The molecule has 1 saturated heterocycles. The third kappa shape index (κ3) is 4.20. The van der Waals surface area contributed by atoms with Crippen LogP contribution in [-0.4, -0.2) is 62.0 Å². The molecule has 3 aromatic rings. The molecule has 10 heteroatoms. The van der Waals surface area contributed by atoms with Gasteiger partial charge in [0.15, 0.2) is 5.82 Å². The van der Waals surface area contributed by atoms with E-state index in [1.165, 1.54) is 4.80 Å². The molecule has 1 aromatic carbocycles. The Morgan fingerprint density at radius 3 is 2.62 bits per heavy atom. The Bertz CT molecular complexity index is 1010. The molecular weight excluding hydrogens is 394 g/mol. The maximum absolute atomic E-state index is 13.2. The van der Waals surface area contributed by atoms with Crippen molar-refractivity contribution in [2.24, 2.45) is 0 Å². The molecule has 0 radical (unpaired) electrons. The van der Waals surface area contributed by atoms with Crippen LogP contribution in [0.4, 0.5) is 5.82 Å². The van der Waals surface area contributed by atoms with Gasteiger partial charge < -0.3 is 4.90 Å². The number of carbonyl (C=O) groups is 1. The van der Waals surface area contributed by atoms with E-state index in [1.807, 2.05) is 19.9 Å². The predicted octanol–water partition coefficient (Wildman–Crippen LogP) is 2.22. The minimum Gasteiger partial charge on any atom is -0.334 e. The lowest BCUT2D eigenvalue weighted by atomic mass is 10.1. The lowest BCUT2D eigenvalue weighted by Crippen LogP contribution is -2.36. The van der Waals surface area contributed by atoms with Crippen molar-refractivity contribution in [2.75, 3.05) is 31.3 Å². The number of amides is 1. The second kappa shape index (κ2) is 8.14. The van der Waals surface area contributed by atoms with Gasteiger partial charge in [-0.1, -0.05) is 11.6 Å². The van der Waals surface area contributed by atoms with E-state index in [9.17, 15) is 4.79 Å². The van der Waals surface area contributed by atoms with Crippen LogP contribution >= 0.6 is 11.6 Å². The van der Waals surface area contributed by atoms with Crippen molar-refractivity contribution in [3.63, 3.8) is 0 Å². The number of aromatic nitrogens is 5. The molecule has 29 heavy (non-hydrogen) atoms. The summed E-state index contributed by atoms with van der Waals surface area (Å²) < 4.78 is 0. The van der Waals surface area contributed by atoms with Crippen molar-refractivity contribution in [1.82, 2.24) is 29.9 Å². The molecule has 0 bridgehead atoms. The summed E-state index contributed by atoms with van der Waals surface area (Å²) in [4.78, 5) is 31.0. The van der Waals surface area contributed by atoms with E-state index >= 15 is 0 Å². The number of carbonyl (C=O) groups excluding carboxylic acids is 1. The Morgan fingerprint density at radius 1 is 1.07 bits per heavy atom. The third-order valence-corrected chi connectivity index (χ3v) is 4.74. The molecule has 0 spiro atoms. The van der Waals surface area contributed by atoms with Gasteiger partial charge in [-0.3, -0.25) is 9.63 Å². The first kappa shape index (κ1) is 19.3. The molecule has 0 unspecified atom stereocenters. The molecule has 150 valence electrons. The summed E-state index contributed by atoms with van der Waals surface area (Å²) in [6.07, 6.45) is 3.11. The van der Waals surface area contributed by atoms with Gasteiger partial charge in [0, 0.05) is 29.9 Å². The van der Waals surface area contributed by atoms with Crippen LogP contribution in [0.3, 0.4) is 0 Å². The minimum absolute atomic E-state index is 0.130. The Kier molecular flexibility index (Phi) is 5.41. The Hall–Kier alpha value is -3.04. The number of aryl methyl sites for hydroxylation is 2. The highest BCUT2D eigenvalue weighted by Gasteiger charge is 2.25. The summed E-state index contributed by atoms with van der Waals surface area (Å²) in [7, 11) is 0. The highest BCUT2D eigenvalue weighted by atomic mass is 35.5. The van der Waals surface area contributed by atoms with Crippen LogP contribution < -0.4 is 5.06 Å². The van der Waals surface area contributed by atoms with Crippen LogP contribution in [-0.2, 0) is 4.84 Å². The van der Waals surface area contributed by atoms with E-state index in [1.54, 1.807) is 40.6 Å². The zero-order valence-corrected chi connectivity index (χ0v) is 16.9. The number of hydrogen-bond donors (Lipinski definition) is 0. The third-order valence-electron chi connectivity index (χ3n) is 4.50. The van der Waals surface area contributed by atoms with E-state index in [0.717, 1.165) is 5.69 Å². The Morgan fingerprint density at radius 2 is 1.86 bits per heavy atom. The summed E-state index contributed by atoms with van der Waals surface area (Å²) in [5, 5.41) is 10.5. The molecule has 1 aliphatic rings. The molecule has 1 aliphatic heterocycles. The lowest BCUT2D eigenvalue weighted by Gasteiger charge is -2.22. The topological polar surface area (TPSA) is 89.3 Å². The number of hydrogen-bond acceptors (Lipinski definition) is 7. The van der Waals surface area contributed by atoms with E-state index < -0.39 is 0 Å². The lowest BCUT2D eigenvalue weighted by molar-refractivity contribution is 0.0730. The average Bonchev–Trinajstić information content (AvgIpc) is 3.11. The molecule has 9 nitrogen and oxygen atoms in total. The largest absolute Gasteiger partial charge is 0.334 e. The van der Waals surface area contributed by atoms with Crippen molar-refractivity contribution < 1.29 is 9.63 Å². The van der Waals surface area contributed by atoms with Crippen LogP contribution in [0.15, 0.2) is 36.7 Å². The second-order valence-corrected chi connectivity index (χ2v) is 7.06. The number of hydroxylamine groups is 1. The fraction of sp³-hybridized carbons (Fsp3) is 0.316. The molecule has 0 saturated carbocycles. The van der Waals surface area contributed by atoms with Gasteiger partial charge in [-0.05, 0) is 32.0 Å². The molecule has 0 aliphatic carbocycles. The van der Waals surface area contributed by atoms with E-state index in [2.05, 4.69) is 20.2 Å². The zero-order valence-electron chi connectivity index (χ0n) is 16.1. The van der Waals surface area contributed by atoms with Crippen molar-refractivity contribution in [3.8, 4) is 5.69 Å². The van der Waals surface area contributed by atoms with Crippen LogP contribution in [0.2, 0.25) is 5.02 Å². The van der Waals surface area contributed by atoms with Crippen molar-refractivity contribution in [1.29, 1.82) is 0 Å². The maximum Gasteiger partial charge on any atom is 0.256 e. The van der Waals surface area contributed by atoms with Crippen molar-refractivity contribution in [2.45, 2.75) is 13.8 Å².